The molecular formula is C41H69NO7. The van der Waals surface area contributed by atoms with Crippen molar-refractivity contribution in [3.8, 4) is 0 Å². The lowest BCUT2D eigenvalue weighted by Crippen LogP contribution is -2.55. The van der Waals surface area contributed by atoms with E-state index in [0.29, 0.717) is 6.42 Å². The molecule has 0 aromatic rings. The Morgan fingerprint density at radius 3 is 1.84 bits per heavy atom. The number of nitrogens with zero attached hydrogens (tertiary/aromatic N) is 1. The largest absolute Gasteiger partial charge is 0.544 e. The fraction of sp³-hybridized carbons (Fsp3) is 0.683. The Morgan fingerprint density at radius 1 is 0.673 bits per heavy atom. The summed E-state index contributed by atoms with van der Waals surface area (Å²) in [6.45, 7) is 4.36. The third kappa shape index (κ3) is 30.8. The number of allylic oxidation sites excluding steroid dienone is 9. The van der Waals surface area contributed by atoms with E-state index in [0.717, 1.165) is 51.4 Å². The van der Waals surface area contributed by atoms with Crippen LogP contribution < -0.4 is 5.11 Å². The smallest absolute Gasteiger partial charge is 0.310 e. The van der Waals surface area contributed by atoms with Gasteiger partial charge in [0.1, 0.15) is 12.6 Å². The Balaban J connectivity index is 4.51. The van der Waals surface area contributed by atoms with Crippen LogP contribution in [-0.2, 0) is 28.6 Å². The number of carboxylic acids is 1. The normalized spacial score (nSPS) is 13.7. The summed E-state index contributed by atoms with van der Waals surface area (Å²) in [6.07, 6.45) is 37.2. The maximum atomic E-state index is 12.5. The van der Waals surface area contributed by atoms with E-state index in [-0.39, 0.29) is 43.1 Å². The van der Waals surface area contributed by atoms with E-state index in [1.54, 1.807) is 27.2 Å². The van der Waals surface area contributed by atoms with Crippen molar-refractivity contribution in [3.05, 3.63) is 60.8 Å². The van der Waals surface area contributed by atoms with Gasteiger partial charge in [0.25, 0.3) is 0 Å². The van der Waals surface area contributed by atoms with E-state index in [1.807, 2.05) is 12.2 Å². The summed E-state index contributed by atoms with van der Waals surface area (Å²) < 4.78 is 16.9. The number of hydrogen-bond acceptors (Lipinski definition) is 7. The maximum Gasteiger partial charge on any atom is 0.310 e. The topological polar surface area (TPSA) is 102 Å². The molecule has 0 amide bonds. The molecule has 0 radical (unpaired) electrons. The van der Waals surface area contributed by atoms with E-state index >= 15 is 0 Å². The number of aliphatic carboxylic acids is 1. The van der Waals surface area contributed by atoms with Gasteiger partial charge in [0.2, 0.25) is 0 Å². The highest BCUT2D eigenvalue weighted by Gasteiger charge is 2.25. The molecule has 0 saturated heterocycles. The fourth-order valence-electron chi connectivity index (χ4n) is 5.00. The number of carboxylic acid groups (broad SMARTS) is 1. The highest BCUT2D eigenvalue weighted by molar-refractivity contribution is 5.71. The zero-order valence-corrected chi connectivity index (χ0v) is 31.6. The van der Waals surface area contributed by atoms with Crippen LogP contribution in [-0.4, -0.2) is 75.5 Å². The summed E-state index contributed by atoms with van der Waals surface area (Å²) in [4.78, 5) is 36.5. The predicted molar refractivity (Wildman–Crippen MR) is 199 cm³/mol. The van der Waals surface area contributed by atoms with Crippen LogP contribution in [0.1, 0.15) is 129 Å². The fourth-order valence-corrected chi connectivity index (χ4v) is 5.00. The molecule has 0 heterocycles. The lowest BCUT2D eigenvalue weighted by molar-refractivity contribution is -0.889. The maximum absolute atomic E-state index is 12.5. The molecule has 0 N–H and O–H groups in total. The van der Waals surface area contributed by atoms with E-state index in [4.69, 9.17) is 14.2 Å². The van der Waals surface area contributed by atoms with E-state index < -0.39 is 24.1 Å². The van der Waals surface area contributed by atoms with Crippen LogP contribution in [0, 0.1) is 0 Å². The average Bonchev–Trinajstić information content (AvgIpc) is 3.05. The Hall–Kier alpha value is -2.97. The number of rotatable bonds is 32. The highest BCUT2D eigenvalue weighted by atomic mass is 16.6. The van der Waals surface area contributed by atoms with Crippen molar-refractivity contribution in [2.24, 2.45) is 0 Å². The molecule has 0 aliphatic rings. The minimum atomic E-state index is -1.14. The van der Waals surface area contributed by atoms with Crippen molar-refractivity contribution >= 4 is 17.9 Å². The third-order valence-electron chi connectivity index (χ3n) is 7.95. The molecule has 0 saturated carbocycles. The first-order valence-electron chi connectivity index (χ1n) is 18.8. The van der Waals surface area contributed by atoms with Crippen LogP contribution >= 0.6 is 0 Å². The molecule has 0 aromatic heterocycles. The number of quaternary nitrogens is 1. The molecule has 0 rings (SSSR count). The first kappa shape index (κ1) is 46.0. The first-order chi connectivity index (χ1) is 23.6. The van der Waals surface area contributed by atoms with E-state index in [2.05, 4.69) is 56.4 Å². The summed E-state index contributed by atoms with van der Waals surface area (Å²) in [7, 11) is 5.35. The lowest BCUT2D eigenvalue weighted by Gasteiger charge is -2.34. The van der Waals surface area contributed by atoms with Gasteiger partial charge in [0.05, 0.1) is 46.7 Å². The van der Waals surface area contributed by atoms with Crippen LogP contribution in [0.5, 0.6) is 0 Å². The highest BCUT2D eigenvalue weighted by Crippen LogP contribution is 2.11. The number of carbonyl (C=O) groups excluding carboxylic acids is 3. The third-order valence-corrected chi connectivity index (χ3v) is 7.95. The summed E-state index contributed by atoms with van der Waals surface area (Å²) in [5, 5.41) is 11.6. The summed E-state index contributed by atoms with van der Waals surface area (Å²) in [5.41, 5.74) is 0. The molecule has 8 nitrogen and oxygen atoms in total. The minimum absolute atomic E-state index is 0.00646. The Morgan fingerprint density at radius 2 is 1.24 bits per heavy atom. The molecule has 8 heteroatoms. The van der Waals surface area contributed by atoms with Gasteiger partial charge in [0.15, 0.2) is 6.10 Å². The van der Waals surface area contributed by atoms with Crippen LogP contribution in [0.3, 0.4) is 0 Å². The second-order valence-corrected chi connectivity index (χ2v) is 13.5. The number of carbonyl (C=O) groups is 3. The van der Waals surface area contributed by atoms with Crippen molar-refractivity contribution in [1.29, 1.82) is 0 Å². The van der Waals surface area contributed by atoms with Gasteiger partial charge in [-0.1, -0.05) is 120 Å². The summed E-state index contributed by atoms with van der Waals surface area (Å²) in [6, 6.07) is -0.743. The van der Waals surface area contributed by atoms with Crippen molar-refractivity contribution < 1.29 is 38.2 Å². The Bertz CT molecular complexity index is 990. The van der Waals surface area contributed by atoms with Gasteiger partial charge in [-0.25, -0.2) is 0 Å². The monoisotopic (exact) mass is 688 g/mol. The van der Waals surface area contributed by atoms with Gasteiger partial charge in [-0.05, 0) is 51.4 Å². The molecule has 49 heavy (non-hydrogen) atoms. The van der Waals surface area contributed by atoms with Crippen LogP contribution in [0.4, 0.5) is 0 Å². The molecular weight excluding hydrogens is 618 g/mol. The van der Waals surface area contributed by atoms with Crippen molar-refractivity contribution in [2.75, 3.05) is 41.0 Å². The first-order valence-corrected chi connectivity index (χ1v) is 18.8. The minimum Gasteiger partial charge on any atom is -0.544 e. The predicted octanol–water partition coefficient (Wildman–Crippen LogP) is 8.13. The van der Waals surface area contributed by atoms with E-state index in [1.165, 1.54) is 44.9 Å². The van der Waals surface area contributed by atoms with Gasteiger partial charge in [0, 0.05) is 12.8 Å². The Labute approximate surface area is 298 Å². The van der Waals surface area contributed by atoms with Crippen LogP contribution in [0.25, 0.3) is 0 Å². The number of unbranched alkanes of at least 4 members (excludes halogenated alkanes) is 10. The molecule has 2 unspecified atom stereocenters. The van der Waals surface area contributed by atoms with Gasteiger partial charge >= 0.3 is 11.9 Å². The average molecular weight is 688 g/mol. The van der Waals surface area contributed by atoms with Gasteiger partial charge in [-0.3, -0.25) is 9.59 Å². The van der Waals surface area contributed by atoms with Crippen LogP contribution in [0.15, 0.2) is 60.8 Å². The zero-order valence-electron chi connectivity index (χ0n) is 31.6. The number of ether oxygens (including phenoxy) is 3. The SMILES string of the molecule is CC/C=C/C/C=C/C/C=C/CC(=O)OC(COCCC(C(=O)[O-])[N+](C)(C)C)COC(=O)CCCCC/C=C/C=C/CCCCCCCCC. The van der Waals surface area contributed by atoms with Gasteiger partial charge in [-0.2, -0.15) is 0 Å². The van der Waals surface area contributed by atoms with Crippen molar-refractivity contribution in [3.63, 3.8) is 0 Å². The molecule has 0 spiro atoms. The molecule has 0 fully saturated rings. The van der Waals surface area contributed by atoms with Gasteiger partial charge < -0.3 is 28.6 Å². The second kappa shape index (κ2) is 32.2. The lowest BCUT2D eigenvalue weighted by atomic mass is 10.1. The molecule has 2 atom stereocenters. The molecule has 0 aromatic carbocycles. The van der Waals surface area contributed by atoms with Crippen molar-refractivity contribution in [2.45, 2.75) is 142 Å². The number of likely N-dealkylation sites (N-methyl/N-ethyl adjacent to an activating group) is 1. The van der Waals surface area contributed by atoms with Gasteiger partial charge in [-0.15, -0.1) is 0 Å². The molecule has 0 bridgehead atoms. The summed E-state index contributed by atoms with van der Waals surface area (Å²) in [5.74, 6) is -1.93. The zero-order chi connectivity index (χ0) is 36.4. The second-order valence-electron chi connectivity index (χ2n) is 13.5. The number of esters is 2. The standard InChI is InChI=1S/C41H69NO7/c1-6-8-10-12-14-16-17-18-19-20-21-22-24-25-27-29-31-39(43)48-36-37(35-47-34-33-38(41(45)46)42(3,4)5)49-40(44)32-30-28-26-23-15-13-11-9-7-2/h9,11,15,19-23,28,30,37-38H,6-8,10,12-14,16-18,24-27,29,31-36H2,1-5H3/b11-9+,20-19+,22-21+,23-15+,30-28+. The molecule has 280 valence electrons. The quantitative estimate of drug-likeness (QED) is 0.0231. The van der Waals surface area contributed by atoms with E-state index in [9.17, 15) is 19.5 Å². The Kier molecular flexibility index (Phi) is 30.3. The number of hydrogen-bond donors (Lipinski definition) is 0. The van der Waals surface area contributed by atoms with Crippen LogP contribution in [0.2, 0.25) is 0 Å². The van der Waals surface area contributed by atoms with Crippen molar-refractivity contribution in [1.82, 2.24) is 0 Å². The summed E-state index contributed by atoms with van der Waals surface area (Å²) >= 11 is 0. The molecule has 0 aliphatic carbocycles. The molecule has 0 aliphatic heterocycles.